The molecule has 4 rings (SSSR count). The summed E-state index contributed by atoms with van der Waals surface area (Å²) in [7, 11) is 3.31. The summed E-state index contributed by atoms with van der Waals surface area (Å²) in [6, 6.07) is 26.1. The van der Waals surface area contributed by atoms with Crippen LogP contribution in [0.3, 0.4) is 0 Å². The number of hydrogen-bond acceptors (Lipinski definition) is 5. The maximum atomic E-state index is 14.5. The van der Waals surface area contributed by atoms with Crippen molar-refractivity contribution in [3.63, 3.8) is 0 Å². The maximum Gasteiger partial charge on any atom is 0.246 e. The molecular formula is C39H50N4O4. The predicted octanol–water partition coefficient (Wildman–Crippen LogP) is 4.85. The minimum absolute atomic E-state index is 0.155. The van der Waals surface area contributed by atoms with Crippen molar-refractivity contribution in [1.82, 2.24) is 14.7 Å². The van der Waals surface area contributed by atoms with Gasteiger partial charge >= 0.3 is 0 Å². The standard InChI is InChI=1S/C39H50N4O4/c1-28(27-39(2,3)40)24-36(45)41(4)34(26-30-16-18-32(19-17-30)31-14-10-7-11-15-31)37(46)42(5)35(25-29-12-8-6-9-13-29)38(47)43-22-20-33(44)21-23-43/h6-19,24,33-35,44H,20-23,25-27,40H2,1-5H3/b28-24+/t34-,35-/m1/s1. The van der Waals surface area contributed by atoms with E-state index >= 15 is 0 Å². The van der Waals surface area contributed by atoms with Gasteiger partial charge in [-0.25, -0.2) is 0 Å². The summed E-state index contributed by atoms with van der Waals surface area (Å²) in [5, 5.41) is 10.1. The van der Waals surface area contributed by atoms with E-state index in [0.29, 0.717) is 38.8 Å². The highest BCUT2D eigenvalue weighted by molar-refractivity contribution is 5.95. The Hall–Kier alpha value is -4.27. The zero-order chi connectivity index (χ0) is 34.1. The zero-order valence-electron chi connectivity index (χ0n) is 28.4. The van der Waals surface area contributed by atoms with Crippen LogP contribution in [-0.2, 0) is 27.2 Å². The third-order valence-corrected chi connectivity index (χ3v) is 8.84. The number of benzene rings is 3. The summed E-state index contributed by atoms with van der Waals surface area (Å²) < 4.78 is 0. The number of likely N-dealkylation sites (N-methyl/N-ethyl adjacent to an activating group) is 2. The molecule has 1 heterocycles. The maximum absolute atomic E-state index is 14.5. The van der Waals surface area contributed by atoms with Crippen LogP contribution in [0.5, 0.6) is 0 Å². The number of hydrogen-bond donors (Lipinski definition) is 2. The van der Waals surface area contributed by atoms with Crippen LogP contribution in [0.2, 0.25) is 0 Å². The van der Waals surface area contributed by atoms with Crippen LogP contribution in [0.15, 0.2) is 96.6 Å². The Balaban J connectivity index is 1.65. The minimum Gasteiger partial charge on any atom is -0.393 e. The highest BCUT2D eigenvalue weighted by Crippen LogP contribution is 2.23. The number of piperidine rings is 1. The van der Waals surface area contributed by atoms with Crippen molar-refractivity contribution in [1.29, 1.82) is 0 Å². The number of aliphatic hydroxyl groups excluding tert-OH is 1. The Morgan fingerprint density at radius 2 is 1.34 bits per heavy atom. The Kier molecular flexibility index (Phi) is 12.1. The lowest BCUT2D eigenvalue weighted by molar-refractivity contribution is -0.150. The van der Waals surface area contributed by atoms with Crippen molar-refractivity contribution < 1.29 is 19.5 Å². The Morgan fingerprint density at radius 1 is 0.830 bits per heavy atom. The van der Waals surface area contributed by atoms with Crippen molar-refractivity contribution in [2.24, 2.45) is 5.73 Å². The molecule has 250 valence electrons. The third-order valence-electron chi connectivity index (χ3n) is 8.84. The van der Waals surface area contributed by atoms with E-state index in [-0.39, 0.29) is 24.1 Å². The average molecular weight is 639 g/mol. The quantitative estimate of drug-likeness (QED) is 0.276. The number of nitrogens with zero attached hydrogens (tertiary/aromatic N) is 3. The molecule has 1 aliphatic heterocycles. The SMILES string of the molecule is C/C(=C\C(=O)N(C)[C@H](Cc1ccc(-c2ccccc2)cc1)C(=O)N(C)[C@H](Cc1ccccc1)C(=O)N1CCC(O)CC1)CC(C)(C)N. The average Bonchev–Trinajstić information content (AvgIpc) is 3.05. The molecule has 0 bridgehead atoms. The molecule has 0 spiro atoms. The molecule has 8 nitrogen and oxygen atoms in total. The van der Waals surface area contributed by atoms with Gasteiger partial charge in [-0.3, -0.25) is 14.4 Å². The molecule has 8 heteroatoms. The second kappa shape index (κ2) is 16.0. The van der Waals surface area contributed by atoms with Crippen molar-refractivity contribution in [3.8, 4) is 11.1 Å². The summed E-state index contributed by atoms with van der Waals surface area (Å²) in [6.07, 6.45) is 3.28. The van der Waals surface area contributed by atoms with Crippen molar-refractivity contribution >= 4 is 17.7 Å². The Bertz CT molecular complexity index is 1510. The summed E-state index contributed by atoms with van der Waals surface area (Å²) in [5.74, 6) is -0.766. The second-order valence-electron chi connectivity index (χ2n) is 13.6. The number of rotatable bonds is 12. The van der Waals surface area contributed by atoms with Crippen molar-refractivity contribution in [2.45, 2.75) is 76.6 Å². The molecule has 3 N–H and O–H groups in total. The third kappa shape index (κ3) is 10.1. The first kappa shape index (κ1) is 35.6. The van der Waals surface area contributed by atoms with Crippen LogP contribution in [-0.4, -0.2) is 88.4 Å². The van der Waals surface area contributed by atoms with Crippen molar-refractivity contribution in [2.75, 3.05) is 27.2 Å². The largest absolute Gasteiger partial charge is 0.393 e. The fourth-order valence-corrected chi connectivity index (χ4v) is 6.23. The van der Waals surface area contributed by atoms with Crippen molar-refractivity contribution in [3.05, 3.63) is 108 Å². The smallest absolute Gasteiger partial charge is 0.246 e. The van der Waals surface area contributed by atoms with E-state index in [4.69, 9.17) is 5.73 Å². The molecule has 3 aromatic carbocycles. The second-order valence-corrected chi connectivity index (χ2v) is 13.6. The van der Waals surface area contributed by atoms with Gasteiger partial charge in [0, 0.05) is 51.6 Å². The lowest BCUT2D eigenvalue weighted by Gasteiger charge is -2.38. The molecule has 1 aliphatic rings. The molecule has 3 amide bonds. The van der Waals surface area contributed by atoms with Crippen LogP contribution in [0, 0.1) is 0 Å². The molecular weight excluding hydrogens is 588 g/mol. The highest BCUT2D eigenvalue weighted by Gasteiger charge is 2.37. The lowest BCUT2D eigenvalue weighted by Crippen LogP contribution is -2.57. The predicted molar refractivity (Wildman–Crippen MR) is 187 cm³/mol. The Labute approximate surface area is 279 Å². The molecule has 2 atom stereocenters. The molecule has 1 saturated heterocycles. The lowest BCUT2D eigenvalue weighted by atomic mass is 9.96. The van der Waals surface area contributed by atoms with Gasteiger partial charge in [0.15, 0.2) is 0 Å². The molecule has 0 radical (unpaired) electrons. The van der Waals surface area contributed by atoms with Gasteiger partial charge in [0.1, 0.15) is 12.1 Å². The first-order valence-corrected chi connectivity index (χ1v) is 16.5. The van der Waals surface area contributed by atoms with Gasteiger partial charge in [0.25, 0.3) is 0 Å². The number of nitrogens with two attached hydrogens (primary N) is 1. The number of carbonyl (C=O) groups excluding carboxylic acids is 3. The van der Waals surface area contributed by atoms with Gasteiger partial charge in [-0.2, -0.15) is 0 Å². The van der Waals surface area contributed by atoms with E-state index < -0.39 is 23.7 Å². The van der Waals surface area contributed by atoms with Crippen LogP contribution in [0.4, 0.5) is 0 Å². The zero-order valence-corrected chi connectivity index (χ0v) is 28.4. The van der Waals surface area contributed by atoms with Gasteiger partial charge in [-0.15, -0.1) is 0 Å². The van der Waals surface area contributed by atoms with E-state index in [1.807, 2.05) is 106 Å². The fraction of sp³-hybridized carbons (Fsp3) is 0.410. The van der Waals surface area contributed by atoms with Crippen LogP contribution in [0.25, 0.3) is 11.1 Å². The van der Waals surface area contributed by atoms with Gasteiger partial charge in [0.05, 0.1) is 6.10 Å². The summed E-state index contributed by atoms with van der Waals surface area (Å²) in [6.45, 7) is 6.56. The minimum atomic E-state index is -0.862. The summed E-state index contributed by atoms with van der Waals surface area (Å²) in [4.78, 5) is 47.0. The van der Waals surface area contributed by atoms with Gasteiger partial charge in [0.2, 0.25) is 17.7 Å². The molecule has 1 fully saturated rings. The molecule has 0 aliphatic carbocycles. The van der Waals surface area contributed by atoms with Gasteiger partial charge in [-0.1, -0.05) is 90.5 Å². The van der Waals surface area contributed by atoms with Crippen LogP contribution >= 0.6 is 0 Å². The number of likely N-dealkylation sites (tertiary alicyclic amines) is 1. The summed E-state index contributed by atoms with van der Waals surface area (Å²) >= 11 is 0. The van der Waals surface area contributed by atoms with Crippen LogP contribution in [0.1, 0.15) is 51.2 Å². The molecule has 3 aromatic rings. The summed E-state index contributed by atoms with van der Waals surface area (Å²) in [5.41, 5.74) is 10.5. The first-order valence-electron chi connectivity index (χ1n) is 16.5. The van der Waals surface area contributed by atoms with E-state index in [0.717, 1.165) is 27.8 Å². The molecule has 0 unspecified atom stereocenters. The fourth-order valence-electron chi connectivity index (χ4n) is 6.23. The topological polar surface area (TPSA) is 107 Å². The molecule has 47 heavy (non-hydrogen) atoms. The van der Waals surface area contributed by atoms with Gasteiger partial charge < -0.3 is 25.5 Å². The number of aliphatic hydroxyl groups is 1. The monoisotopic (exact) mass is 638 g/mol. The van der Waals surface area contributed by atoms with Crippen LogP contribution < -0.4 is 5.73 Å². The van der Waals surface area contributed by atoms with E-state index in [1.165, 1.54) is 9.80 Å². The number of amides is 3. The molecule has 0 saturated carbocycles. The van der Waals surface area contributed by atoms with E-state index in [9.17, 15) is 19.5 Å². The van der Waals surface area contributed by atoms with Gasteiger partial charge in [-0.05, 0) is 62.3 Å². The highest BCUT2D eigenvalue weighted by atomic mass is 16.3. The number of carbonyl (C=O) groups is 3. The van der Waals surface area contributed by atoms with E-state index in [1.54, 1.807) is 25.1 Å². The normalized spacial score (nSPS) is 15.6. The first-order chi connectivity index (χ1) is 22.3. The van der Waals surface area contributed by atoms with E-state index in [2.05, 4.69) is 0 Å². The molecule has 0 aromatic heterocycles. The Morgan fingerprint density at radius 3 is 1.91 bits per heavy atom.